The molecule has 1 N–H and O–H groups in total. The zero-order chi connectivity index (χ0) is 20.5. The van der Waals surface area contributed by atoms with E-state index in [1.165, 1.54) is 0 Å². The highest BCUT2D eigenvalue weighted by Crippen LogP contribution is 2.28. The standard InChI is InChI=1S/C22H26N2O4/c1-5-6-16-9-12-19(20(13-16)27-4)28-15-21(25)24(3)14-17-7-10-18(11-8-17)22(26)23-2/h5-13H,14-15H2,1-4H3,(H,23,26)/b6-5+. The lowest BCUT2D eigenvalue weighted by Gasteiger charge is -2.18. The molecule has 0 spiro atoms. The van der Waals surface area contributed by atoms with Crippen LogP contribution < -0.4 is 14.8 Å². The van der Waals surface area contributed by atoms with Crippen LogP contribution in [0.3, 0.4) is 0 Å². The topological polar surface area (TPSA) is 67.9 Å². The fourth-order valence-electron chi connectivity index (χ4n) is 2.62. The van der Waals surface area contributed by atoms with E-state index >= 15 is 0 Å². The molecule has 0 saturated heterocycles. The molecule has 0 radical (unpaired) electrons. The molecule has 148 valence electrons. The third-order valence-corrected chi connectivity index (χ3v) is 4.19. The molecule has 2 aromatic carbocycles. The minimum Gasteiger partial charge on any atom is -0.493 e. The molecule has 28 heavy (non-hydrogen) atoms. The average Bonchev–Trinajstić information content (AvgIpc) is 2.72. The van der Waals surface area contributed by atoms with Crippen LogP contribution in [-0.2, 0) is 11.3 Å². The number of rotatable bonds is 8. The predicted octanol–water partition coefficient (Wildman–Crippen LogP) is 3.13. The number of benzene rings is 2. The summed E-state index contributed by atoms with van der Waals surface area (Å²) >= 11 is 0. The monoisotopic (exact) mass is 382 g/mol. The Morgan fingerprint density at radius 2 is 1.82 bits per heavy atom. The van der Waals surface area contributed by atoms with Crippen LogP contribution >= 0.6 is 0 Å². The van der Waals surface area contributed by atoms with Gasteiger partial charge in [0.15, 0.2) is 18.1 Å². The molecule has 0 unspecified atom stereocenters. The van der Waals surface area contributed by atoms with Gasteiger partial charge < -0.3 is 19.7 Å². The molecule has 0 aliphatic heterocycles. The Balaban J connectivity index is 1.94. The van der Waals surface area contributed by atoms with Crippen molar-refractivity contribution < 1.29 is 19.1 Å². The minimum absolute atomic E-state index is 0.0911. The molecule has 0 atom stereocenters. The third kappa shape index (κ3) is 5.61. The van der Waals surface area contributed by atoms with Gasteiger partial charge in [0.25, 0.3) is 11.8 Å². The first-order valence-corrected chi connectivity index (χ1v) is 8.97. The Hall–Kier alpha value is -3.28. The first-order valence-electron chi connectivity index (χ1n) is 8.97. The van der Waals surface area contributed by atoms with Gasteiger partial charge in [-0.2, -0.15) is 0 Å². The van der Waals surface area contributed by atoms with Crippen molar-refractivity contribution in [2.45, 2.75) is 13.5 Å². The van der Waals surface area contributed by atoms with Gasteiger partial charge in [0, 0.05) is 26.2 Å². The van der Waals surface area contributed by atoms with Crippen LogP contribution in [-0.4, -0.2) is 44.5 Å². The summed E-state index contributed by atoms with van der Waals surface area (Å²) in [4.78, 5) is 25.6. The highest BCUT2D eigenvalue weighted by molar-refractivity contribution is 5.93. The number of methoxy groups -OCH3 is 1. The van der Waals surface area contributed by atoms with E-state index in [2.05, 4.69) is 5.32 Å². The fourth-order valence-corrected chi connectivity index (χ4v) is 2.62. The number of amides is 2. The molecular formula is C22H26N2O4. The Labute approximate surface area is 165 Å². The number of hydrogen-bond donors (Lipinski definition) is 1. The molecule has 0 aromatic heterocycles. The van der Waals surface area contributed by atoms with Gasteiger partial charge in [0.1, 0.15) is 0 Å². The highest BCUT2D eigenvalue weighted by Gasteiger charge is 2.13. The first kappa shape index (κ1) is 21.0. The largest absolute Gasteiger partial charge is 0.493 e. The van der Waals surface area contributed by atoms with Crippen molar-refractivity contribution >= 4 is 17.9 Å². The summed E-state index contributed by atoms with van der Waals surface area (Å²) in [5.74, 6) is 0.803. The van der Waals surface area contributed by atoms with E-state index in [-0.39, 0.29) is 18.4 Å². The summed E-state index contributed by atoms with van der Waals surface area (Å²) in [7, 11) is 4.87. The van der Waals surface area contributed by atoms with Crippen molar-refractivity contribution in [1.29, 1.82) is 0 Å². The maximum Gasteiger partial charge on any atom is 0.260 e. The van der Waals surface area contributed by atoms with Crippen LogP contribution in [0.25, 0.3) is 6.08 Å². The SMILES string of the molecule is C/C=C/c1ccc(OCC(=O)N(C)Cc2ccc(C(=O)NC)cc2)c(OC)c1. The van der Waals surface area contributed by atoms with Crippen molar-refractivity contribution in [2.75, 3.05) is 27.8 Å². The number of likely N-dealkylation sites (N-methyl/N-ethyl adjacent to an activating group) is 1. The van der Waals surface area contributed by atoms with Crippen molar-refractivity contribution in [2.24, 2.45) is 0 Å². The Morgan fingerprint density at radius 3 is 2.43 bits per heavy atom. The molecule has 2 rings (SSSR count). The minimum atomic E-state index is -0.157. The molecule has 0 fully saturated rings. The van der Waals surface area contributed by atoms with Crippen LogP contribution in [0, 0.1) is 0 Å². The lowest BCUT2D eigenvalue weighted by Crippen LogP contribution is -2.31. The number of carbonyl (C=O) groups is 2. The van der Waals surface area contributed by atoms with E-state index in [0.29, 0.717) is 23.6 Å². The molecule has 2 aromatic rings. The second kappa shape index (κ2) is 10.2. The Kier molecular flexibility index (Phi) is 7.63. The van der Waals surface area contributed by atoms with Gasteiger partial charge in [0.05, 0.1) is 7.11 Å². The number of allylic oxidation sites excluding steroid dienone is 1. The van der Waals surface area contributed by atoms with Crippen LogP contribution in [0.5, 0.6) is 11.5 Å². The summed E-state index contributed by atoms with van der Waals surface area (Å²) in [6, 6.07) is 12.7. The summed E-state index contributed by atoms with van der Waals surface area (Å²) in [6.07, 6.45) is 3.90. The number of ether oxygens (including phenoxy) is 2. The number of carbonyl (C=O) groups excluding carboxylic acids is 2. The maximum atomic E-state index is 12.4. The van der Waals surface area contributed by atoms with Crippen molar-refractivity contribution in [3.8, 4) is 11.5 Å². The molecular weight excluding hydrogens is 356 g/mol. The Morgan fingerprint density at radius 1 is 1.11 bits per heavy atom. The maximum absolute atomic E-state index is 12.4. The first-order chi connectivity index (χ1) is 13.5. The van der Waals surface area contributed by atoms with Gasteiger partial charge in [-0.25, -0.2) is 0 Å². The van der Waals surface area contributed by atoms with Crippen molar-refractivity contribution in [3.05, 3.63) is 65.2 Å². The van der Waals surface area contributed by atoms with Crippen LogP contribution in [0.1, 0.15) is 28.4 Å². The van der Waals surface area contributed by atoms with Gasteiger partial charge in [0.2, 0.25) is 0 Å². The van der Waals surface area contributed by atoms with E-state index < -0.39 is 0 Å². The highest BCUT2D eigenvalue weighted by atomic mass is 16.5. The number of hydrogen-bond acceptors (Lipinski definition) is 4. The van der Waals surface area contributed by atoms with Gasteiger partial charge >= 0.3 is 0 Å². The molecule has 6 nitrogen and oxygen atoms in total. The predicted molar refractivity (Wildman–Crippen MR) is 110 cm³/mol. The van der Waals surface area contributed by atoms with Gasteiger partial charge in [-0.3, -0.25) is 9.59 Å². The summed E-state index contributed by atoms with van der Waals surface area (Å²) in [5, 5.41) is 2.58. The van der Waals surface area contributed by atoms with Gasteiger partial charge in [-0.15, -0.1) is 0 Å². The van der Waals surface area contributed by atoms with E-state index in [1.807, 2.05) is 43.3 Å². The van der Waals surface area contributed by atoms with E-state index in [0.717, 1.165) is 11.1 Å². The smallest absolute Gasteiger partial charge is 0.260 e. The molecule has 0 bridgehead atoms. The van der Waals surface area contributed by atoms with E-state index in [4.69, 9.17) is 9.47 Å². The number of nitrogens with one attached hydrogen (secondary N) is 1. The zero-order valence-electron chi connectivity index (χ0n) is 16.7. The molecule has 0 aliphatic carbocycles. The second-order valence-corrected chi connectivity index (χ2v) is 6.22. The summed E-state index contributed by atoms with van der Waals surface area (Å²) in [6.45, 7) is 2.28. The van der Waals surface area contributed by atoms with E-state index in [1.54, 1.807) is 44.3 Å². The summed E-state index contributed by atoms with van der Waals surface area (Å²) in [5.41, 5.74) is 2.50. The van der Waals surface area contributed by atoms with Crippen LogP contribution in [0.15, 0.2) is 48.5 Å². The van der Waals surface area contributed by atoms with Gasteiger partial charge in [-0.05, 0) is 42.3 Å². The Bertz CT molecular complexity index is 844. The van der Waals surface area contributed by atoms with Crippen LogP contribution in [0.2, 0.25) is 0 Å². The average molecular weight is 382 g/mol. The summed E-state index contributed by atoms with van der Waals surface area (Å²) < 4.78 is 11.0. The number of nitrogens with zero attached hydrogens (tertiary/aromatic N) is 1. The van der Waals surface area contributed by atoms with E-state index in [9.17, 15) is 9.59 Å². The molecule has 6 heteroatoms. The third-order valence-electron chi connectivity index (χ3n) is 4.19. The molecule has 2 amide bonds. The lowest BCUT2D eigenvalue weighted by molar-refractivity contribution is -0.132. The van der Waals surface area contributed by atoms with Crippen LogP contribution in [0.4, 0.5) is 0 Å². The fraction of sp³-hybridized carbons (Fsp3) is 0.273. The molecule has 0 aliphatic rings. The normalized spacial score (nSPS) is 10.6. The molecule has 0 saturated carbocycles. The van der Waals surface area contributed by atoms with Gasteiger partial charge in [-0.1, -0.05) is 30.4 Å². The molecule has 0 heterocycles. The lowest BCUT2D eigenvalue weighted by atomic mass is 10.1. The zero-order valence-corrected chi connectivity index (χ0v) is 16.7. The quantitative estimate of drug-likeness (QED) is 0.762. The van der Waals surface area contributed by atoms with Crippen molar-refractivity contribution in [3.63, 3.8) is 0 Å². The second-order valence-electron chi connectivity index (χ2n) is 6.22. The van der Waals surface area contributed by atoms with Crippen molar-refractivity contribution in [1.82, 2.24) is 10.2 Å².